The molecule has 3 rings (SSSR count). The molecule has 0 aliphatic heterocycles. The number of ketones is 1. The van der Waals surface area contributed by atoms with Crippen molar-refractivity contribution in [2.24, 2.45) is 28.7 Å². The fourth-order valence-electron chi connectivity index (χ4n) is 5.17. The van der Waals surface area contributed by atoms with Gasteiger partial charge in [-0.1, -0.05) is 6.07 Å². The number of nitrogen functional groups attached to an aromatic ring is 1. The number of rotatable bonds is 7. The van der Waals surface area contributed by atoms with Gasteiger partial charge in [0.15, 0.2) is 5.78 Å². The molecule has 0 unspecified atom stereocenters. The van der Waals surface area contributed by atoms with Crippen LogP contribution >= 0.6 is 0 Å². The zero-order valence-corrected chi connectivity index (χ0v) is 16.6. The van der Waals surface area contributed by atoms with Gasteiger partial charge in [0.1, 0.15) is 5.69 Å². The minimum atomic E-state index is -0.0994. The van der Waals surface area contributed by atoms with Gasteiger partial charge in [-0.2, -0.15) is 0 Å². The van der Waals surface area contributed by atoms with E-state index in [4.69, 9.17) is 11.5 Å². The van der Waals surface area contributed by atoms with Gasteiger partial charge in [0.25, 0.3) is 0 Å². The first kappa shape index (κ1) is 20.9. The van der Waals surface area contributed by atoms with Crippen molar-refractivity contribution in [3.63, 3.8) is 0 Å². The number of carbonyl (C=O) groups excluding carboxylic acids is 1. The Morgan fingerprint density at radius 2 is 1.64 bits per heavy atom. The maximum atomic E-state index is 12.8. The molecular weight excluding hydrogens is 354 g/mol. The molecule has 0 atom stereocenters. The summed E-state index contributed by atoms with van der Waals surface area (Å²) in [5.41, 5.74) is 13.1. The number of Topliss-reactive ketones (excluding diaryl/α,β-unsaturated/α-hetero) is 1. The lowest BCUT2D eigenvalue weighted by molar-refractivity contribution is 0.0740. The second-order valence-corrected chi connectivity index (χ2v) is 8.64. The normalized spacial score (nSPS) is 28.1. The van der Waals surface area contributed by atoms with Crippen LogP contribution in [0, 0.1) is 22.7 Å². The Morgan fingerprint density at radius 1 is 1.04 bits per heavy atom. The van der Waals surface area contributed by atoms with Crippen LogP contribution in [0.25, 0.3) is 0 Å². The van der Waals surface area contributed by atoms with Crippen molar-refractivity contribution in [3.8, 4) is 0 Å². The van der Waals surface area contributed by atoms with Crippen molar-refractivity contribution in [1.29, 1.82) is 0 Å². The number of nitrogens with two attached hydrogens (primary N) is 2. The van der Waals surface area contributed by atoms with Crippen LogP contribution < -0.4 is 11.5 Å². The summed E-state index contributed by atoms with van der Waals surface area (Å²) in [4.78, 5) is 24.0. The number of nitroso groups, excluding NO2 is 1. The van der Waals surface area contributed by atoms with Crippen LogP contribution in [0.2, 0.25) is 0 Å². The van der Waals surface area contributed by atoms with E-state index in [2.05, 4.69) is 5.18 Å². The number of hydrogen-bond donors (Lipinski definition) is 3. The van der Waals surface area contributed by atoms with Crippen molar-refractivity contribution < 1.29 is 9.90 Å². The van der Waals surface area contributed by atoms with Crippen molar-refractivity contribution in [3.05, 3.63) is 28.2 Å². The highest BCUT2D eigenvalue weighted by Gasteiger charge is 2.31. The molecule has 154 valence electrons. The van der Waals surface area contributed by atoms with Gasteiger partial charge in [0.05, 0.1) is 11.8 Å². The van der Waals surface area contributed by atoms with E-state index in [1.807, 2.05) is 0 Å². The third-order valence-electron chi connectivity index (χ3n) is 6.88. The fraction of sp³-hybridized carbons (Fsp3) is 0.682. The molecule has 0 heterocycles. The molecular formula is C22H33N3O3. The minimum absolute atomic E-state index is 0.00550. The van der Waals surface area contributed by atoms with E-state index in [0.717, 1.165) is 50.4 Å². The van der Waals surface area contributed by atoms with E-state index < -0.39 is 0 Å². The number of benzene rings is 1. The van der Waals surface area contributed by atoms with E-state index in [-0.39, 0.29) is 23.3 Å². The average Bonchev–Trinajstić information content (AvgIpc) is 2.70. The Kier molecular flexibility index (Phi) is 7.18. The van der Waals surface area contributed by atoms with Gasteiger partial charge >= 0.3 is 0 Å². The molecule has 0 spiro atoms. The summed E-state index contributed by atoms with van der Waals surface area (Å²) >= 11 is 0. The molecule has 28 heavy (non-hydrogen) atoms. The molecule has 0 saturated heterocycles. The molecule has 2 fully saturated rings. The lowest BCUT2D eigenvalue weighted by atomic mass is 9.70. The maximum absolute atomic E-state index is 12.8. The molecule has 1 aromatic rings. The lowest BCUT2D eigenvalue weighted by Crippen LogP contribution is -2.27. The highest BCUT2D eigenvalue weighted by atomic mass is 16.3. The molecule has 5 N–H and O–H groups in total. The first-order chi connectivity index (χ1) is 13.5. The Hall–Kier alpha value is -1.79. The molecule has 2 saturated carbocycles. The number of hydrogen-bond acceptors (Lipinski definition) is 6. The van der Waals surface area contributed by atoms with Crippen LogP contribution in [0.4, 0.5) is 11.4 Å². The zero-order valence-electron chi connectivity index (χ0n) is 16.6. The molecule has 0 radical (unpaired) electrons. The molecule has 0 aromatic heterocycles. The van der Waals surface area contributed by atoms with Crippen LogP contribution in [0.5, 0.6) is 0 Å². The van der Waals surface area contributed by atoms with E-state index in [0.29, 0.717) is 36.4 Å². The van der Waals surface area contributed by atoms with Crippen molar-refractivity contribution in [2.75, 3.05) is 12.3 Å². The maximum Gasteiger partial charge on any atom is 0.165 e. The lowest BCUT2D eigenvalue weighted by Gasteiger charge is -2.36. The number of aliphatic hydroxyl groups excluding tert-OH is 1. The highest BCUT2D eigenvalue weighted by molar-refractivity contribution is 6.03. The SMILES string of the molecule is NCCc1ccc(C(=O)CC2CCC(C3CCC(O)CC3)CC2)c(N)c1N=O. The zero-order chi connectivity index (χ0) is 20.1. The van der Waals surface area contributed by atoms with E-state index in [1.54, 1.807) is 12.1 Å². The smallest absolute Gasteiger partial charge is 0.165 e. The van der Waals surface area contributed by atoms with Crippen molar-refractivity contribution in [2.45, 2.75) is 70.3 Å². The van der Waals surface area contributed by atoms with Crippen LogP contribution in [0.1, 0.15) is 73.7 Å². The largest absolute Gasteiger partial charge is 0.396 e. The third kappa shape index (κ3) is 4.78. The summed E-state index contributed by atoms with van der Waals surface area (Å²) in [6.45, 7) is 0.401. The number of nitrogens with zero attached hydrogens (tertiary/aromatic N) is 1. The third-order valence-corrected chi connectivity index (χ3v) is 6.88. The molecule has 6 nitrogen and oxygen atoms in total. The summed E-state index contributed by atoms with van der Waals surface area (Å²) in [5, 5.41) is 12.7. The molecule has 0 amide bonds. The number of aliphatic hydroxyl groups is 1. The summed E-state index contributed by atoms with van der Waals surface area (Å²) < 4.78 is 0. The molecule has 6 heteroatoms. The van der Waals surface area contributed by atoms with Gasteiger partial charge in [-0.25, -0.2) is 0 Å². The van der Waals surface area contributed by atoms with Gasteiger partial charge in [-0.15, -0.1) is 4.91 Å². The van der Waals surface area contributed by atoms with Crippen LogP contribution in [-0.4, -0.2) is 23.5 Å². The Balaban J connectivity index is 1.56. The monoisotopic (exact) mass is 387 g/mol. The fourth-order valence-corrected chi connectivity index (χ4v) is 5.17. The average molecular weight is 388 g/mol. The number of carbonyl (C=O) groups is 1. The van der Waals surface area contributed by atoms with E-state index in [9.17, 15) is 14.8 Å². The van der Waals surface area contributed by atoms with Crippen molar-refractivity contribution >= 4 is 17.2 Å². The minimum Gasteiger partial charge on any atom is -0.396 e. The summed E-state index contributed by atoms with van der Waals surface area (Å²) in [5.74, 6) is 1.87. The Morgan fingerprint density at radius 3 is 2.21 bits per heavy atom. The summed E-state index contributed by atoms with van der Waals surface area (Å²) in [7, 11) is 0. The van der Waals surface area contributed by atoms with E-state index in [1.165, 1.54) is 12.8 Å². The molecule has 0 bridgehead atoms. The van der Waals surface area contributed by atoms with Crippen molar-refractivity contribution in [1.82, 2.24) is 0 Å². The summed E-state index contributed by atoms with van der Waals surface area (Å²) in [6, 6.07) is 3.47. The number of anilines is 1. The van der Waals surface area contributed by atoms with Crippen LogP contribution in [0.15, 0.2) is 17.3 Å². The second-order valence-electron chi connectivity index (χ2n) is 8.64. The predicted molar refractivity (Wildman–Crippen MR) is 111 cm³/mol. The van der Waals surface area contributed by atoms with E-state index >= 15 is 0 Å². The quantitative estimate of drug-likeness (QED) is 0.370. The molecule has 2 aliphatic carbocycles. The Bertz CT molecular complexity index is 691. The summed E-state index contributed by atoms with van der Waals surface area (Å²) in [6.07, 6.45) is 9.54. The predicted octanol–water partition coefficient (Wildman–Crippen LogP) is 4.10. The Labute approximate surface area is 167 Å². The first-order valence-electron chi connectivity index (χ1n) is 10.7. The molecule has 2 aliphatic rings. The molecule has 1 aromatic carbocycles. The van der Waals surface area contributed by atoms with Gasteiger partial charge in [0.2, 0.25) is 0 Å². The van der Waals surface area contributed by atoms with Gasteiger partial charge in [-0.3, -0.25) is 4.79 Å². The second kappa shape index (κ2) is 9.61. The standard InChI is InChI=1S/C22H33N3O3/c23-12-11-17-7-10-19(21(24)22(17)25-28)20(27)13-14-1-3-15(4-2-14)16-5-8-18(26)9-6-16/h7,10,14-16,18,26H,1-6,8-9,11-13,23-24H2. The highest BCUT2D eigenvalue weighted by Crippen LogP contribution is 2.41. The first-order valence-corrected chi connectivity index (χ1v) is 10.7. The van der Waals surface area contributed by atoms with Gasteiger partial charge in [-0.05, 0) is 98.9 Å². The van der Waals surface area contributed by atoms with Gasteiger partial charge in [0, 0.05) is 12.0 Å². The topological polar surface area (TPSA) is 119 Å². The van der Waals surface area contributed by atoms with Gasteiger partial charge < -0.3 is 16.6 Å². The van der Waals surface area contributed by atoms with Crippen LogP contribution in [0.3, 0.4) is 0 Å². The van der Waals surface area contributed by atoms with Crippen LogP contribution in [-0.2, 0) is 6.42 Å².